The van der Waals surface area contributed by atoms with E-state index in [9.17, 15) is 14.9 Å². The van der Waals surface area contributed by atoms with E-state index in [4.69, 9.17) is 5.10 Å². The van der Waals surface area contributed by atoms with Gasteiger partial charge in [0.2, 0.25) is 5.91 Å². The Bertz CT molecular complexity index is 1200. The number of rotatable bonds is 9. The number of hydrogen-bond acceptors (Lipinski definition) is 5. The van der Waals surface area contributed by atoms with Gasteiger partial charge in [0.25, 0.3) is 5.69 Å². The lowest BCUT2D eigenvalue weighted by Crippen LogP contribution is -2.39. The first-order chi connectivity index (χ1) is 16.9. The van der Waals surface area contributed by atoms with Crippen LogP contribution in [-0.2, 0) is 17.8 Å². The molecule has 0 aliphatic carbocycles. The highest BCUT2D eigenvalue weighted by Crippen LogP contribution is 2.24. The van der Waals surface area contributed by atoms with Gasteiger partial charge < -0.3 is 5.32 Å². The Kier molecular flexibility index (Phi) is 7.72. The number of hydrogen-bond donors (Lipinski definition) is 1. The molecule has 3 aromatic rings. The molecule has 1 aliphatic rings. The first-order valence-electron chi connectivity index (χ1n) is 11.9. The van der Waals surface area contributed by atoms with Gasteiger partial charge >= 0.3 is 0 Å². The molecule has 1 aromatic heterocycles. The molecular formula is C27H31N5O3. The number of nitrogens with one attached hydrogen (secondary N) is 1. The zero-order valence-electron chi connectivity index (χ0n) is 20.2. The minimum Gasteiger partial charge on any atom is -0.349 e. The maximum atomic E-state index is 12.6. The third-order valence-corrected chi connectivity index (χ3v) is 6.03. The van der Waals surface area contributed by atoms with E-state index in [2.05, 4.69) is 36.2 Å². The molecule has 182 valence electrons. The van der Waals surface area contributed by atoms with Gasteiger partial charge in [-0.3, -0.25) is 19.8 Å². The molecule has 0 bridgehead atoms. The van der Waals surface area contributed by atoms with Crippen molar-refractivity contribution in [2.45, 2.75) is 33.2 Å². The molecular weight excluding hydrogens is 442 g/mol. The number of para-hydroxylation sites is 1. The van der Waals surface area contributed by atoms with Crippen LogP contribution in [0.4, 0.5) is 5.69 Å². The standard InChI is InChI=1S/C27H31N5O3/c1-20(2)16-26-17-23(29-31(26)24-6-4-3-5-7-24)18-28-27(33)19-30-14-12-22(13-15-30)21-8-10-25(11-9-21)32(34)35/h3-12,17,20H,13-16,18-19H2,1-2H3,(H,28,33). The second-order valence-corrected chi connectivity index (χ2v) is 9.27. The summed E-state index contributed by atoms with van der Waals surface area (Å²) in [5.41, 5.74) is 5.23. The molecule has 1 aliphatic heterocycles. The molecule has 8 nitrogen and oxygen atoms in total. The van der Waals surface area contributed by atoms with Crippen molar-refractivity contribution in [2.24, 2.45) is 5.92 Å². The molecule has 1 amide bonds. The smallest absolute Gasteiger partial charge is 0.269 e. The molecule has 0 saturated carbocycles. The average Bonchev–Trinajstić information content (AvgIpc) is 3.26. The topological polar surface area (TPSA) is 93.3 Å². The van der Waals surface area contributed by atoms with Crippen molar-refractivity contribution in [2.75, 3.05) is 19.6 Å². The lowest BCUT2D eigenvalue weighted by Gasteiger charge is -2.25. The maximum Gasteiger partial charge on any atom is 0.269 e. The van der Waals surface area contributed by atoms with Crippen LogP contribution in [0.25, 0.3) is 11.3 Å². The number of nitrogens with zero attached hydrogens (tertiary/aromatic N) is 4. The molecule has 8 heteroatoms. The normalized spacial score (nSPS) is 14.1. The third-order valence-electron chi connectivity index (χ3n) is 6.03. The molecule has 0 atom stereocenters. The largest absolute Gasteiger partial charge is 0.349 e. The third kappa shape index (κ3) is 6.42. The molecule has 1 N–H and O–H groups in total. The highest BCUT2D eigenvalue weighted by atomic mass is 16.6. The molecule has 0 spiro atoms. The van der Waals surface area contributed by atoms with Crippen molar-refractivity contribution in [1.82, 2.24) is 20.0 Å². The summed E-state index contributed by atoms with van der Waals surface area (Å²) in [6.07, 6.45) is 3.80. The molecule has 0 saturated heterocycles. The highest BCUT2D eigenvalue weighted by molar-refractivity contribution is 5.78. The Balaban J connectivity index is 1.32. The lowest BCUT2D eigenvalue weighted by atomic mass is 9.99. The van der Waals surface area contributed by atoms with E-state index in [0.717, 1.165) is 47.6 Å². The van der Waals surface area contributed by atoms with Crippen molar-refractivity contribution < 1.29 is 9.72 Å². The van der Waals surface area contributed by atoms with E-state index in [1.807, 2.05) is 35.0 Å². The summed E-state index contributed by atoms with van der Waals surface area (Å²) >= 11 is 0. The van der Waals surface area contributed by atoms with Crippen molar-refractivity contribution in [3.8, 4) is 5.69 Å². The molecule has 4 rings (SSSR count). The first kappa shape index (κ1) is 24.3. The van der Waals surface area contributed by atoms with Crippen LogP contribution in [0.2, 0.25) is 0 Å². The van der Waals surface area contributed by atoms with E-state index in [1.54, 1.807) is 12.1 Å². The number of carbonyl (C=O) groups is 1. The second kappa shape index (κ2) is 11.1. The van der Waals surface area contributed by atoms with Gasteiger partial charge in [0.05, 0.1) is 29.4 Å². The number of nitro groups is 1. The van der Waals surface area contributed by atoms with E-state index in [-0.39, 0.29) is 11.6 Å². The Morgan fingerprint density at radius 3 is 2.51 bits per heavy atom. The predicted octanol–water partition coefficient (Wildman–Crippen LogP) is 4.38. The minimum absolute atomic E-state index is 0.0307. The van der Waals surface area contributed by atoms with Crippen molar-refractivity contribution in [1.29, 1.82) is 0 Å². The zero-order chi connectivity index (χ0) is 24.8. The fraction of sp³-hybridized carbons (Fsp3) is 0.333. The predicted molar refractivity (Wildman–Crippen MR) is 136 cm³/mol. The zero-order valence-corrected chi connectivity index (χ0v) is 20.2. The first-order valence-corrected chi connectivity index (χ1v) is 11.9. The summed E-state index contributed by atoms with van der Waals surface area (Å²) in [7, 11) is 0. The van der Waals surface area contributed by atoms with Crippen LogP contribution in [0.3, 0.4) is 0 Å². The quantitative estimate of drug-likeness (QED) is 0.368. The van der Waals surface area contributed by atoms with E-state index in [0.29, 0.717) is 25.6 Å². The Morgan fingerprint density at radius 2 is 1.89 bits per heavy atom. The molecule has 0 fully saturated rings. The summed E-state index contributed by atoms with van der Waals surface area (Å²) in [6.45, 7) is 6.51. The fourth-order valence-corrected chi connectivity index (χ4v) is 4.28. The van der Waals surface area contributed by atoms with Crippen LogP contribution < -0.4 is 5.32 Å². The van der Waals surface area contributed by atoms with Crippen molar-refractivity contribution >= 4 is 17.2 Å². The Morgan fingerprint density at radius 1 is 1.14 bits per heavy atom. The van der Waals surface area contributed by atoms with E-state index < -0.39 is 4.92 Å². The van der Waals surface area contributed by atoms with Crippen LogP contribution in [0.15, 0.2) is 66.7 Å². The Labute approximate surface area is 205 Å². The van der Waals surface area contributed by atoms with Crippen LogP contribution >= 0.6 is 0 Å². The summed E-state index contributed by atoms with van der Waals surface area (Å²) < 4.78 is 1.97. The highest BCUT2D eigenvalue weighted by Gasteiger charge is 2.17. The maximum absolute atomic E-state index is 12.6. The monoisotopic (exact) mass is 473 g/mol. The molecule has 35 heavy (non-hydrogen) atoms. The van der Waals surface area contributed by atoms with Gasteiger partial charge in [0, 0.05) is 30.9 Å². The van der Waals surface area contributed by atoms with Gasteiger partial charge in [-0.05, 0) is 60.2 Å². The van der Waals surface area contributed by atoms with Crippen LogP contribution in [0.5, 0.6) is 0 Å². The van der Waals surface area contributed by atoms with Gasteiger partial charge in [-0.1, -0.05) is 38.1 Å². The number of carbonyl (C=O) groups excluding carboxylic acids is 1. The van der Waals surface area contributed by atoms with Gasteiger partial charge in [0.15, 0.2) is 0 Å². The Hall–Kier alpha value is -3.78. The number of non-ortho nitro benzene ring substituents is 1. The number of benzene rings is 2. The van der Waals surface area contributed by atoms with Crippen LogP contribution in [0.1, 0.15) is 37.2 Å². The van der Waals surface area contributed by atoms with Crippen LogP contribution in [-0.4, -0.2) is 45.1 Å². The molecule has 2 heterocycles. The van der Waals surface area contributed by atoms with Gasteiger partial charge in [-0.15, -0.1) is 0 Å². The summed E-state index contributed by atoms with van der Waals surface area (Å²) in [5.74, 6) is 0.469. The summed E-state index contributed by atoms with van der Waals surface area (Å²) in [5, 5.41) is 18.6. The van der Waals surface area contributed by atoms with Crippen LogP contribution in [0, 0.1) is 16.0 Å². The number of aromatic nitrogens is 2. The molecule has 0 radical (unpaired) electrons. The fourth-order valence-electron chi connectivity index (χ4n) is 4.28. The molecule has 2 aromatic carbocycles. The average molecular weight is 474 g/mol. The van der Waals surface area contributed by atoms with E-state index >= 15 is 0 Å². The van der Waals surface area contributed by atoms with Crippen molar-refractivity contribution in [3.05, 3.63) is 93.8 Å². The minimum atomic E-state index is -0.392. The van der Waals surface area contributed by atoms with Gasteiger partial charge in [0.1, 0.15) is 0 Å². The lowest BCUT2D eigenvalue weighted by molar-refractivity contribution is -0.384. The van der Waals surface area contributed by atoms with Crippen molar-refractivity contribution in [3.63, 3.8) is 0 Å². The number of nitro benzene ring substituents is 1. The summed E-state index contributed by atoms with van der Waals surface area (Å²) in [6, 6.07) is 18.8. The SMILES string of the molecule is CC(C)Cc1cc(CNC(=O)CN2CC=C(c3ccc([N+](=O)[O-])cc3)CC2)nn1-c1ccccc1. The van der Waals surface area contributed by atoms with Gasteiger partial charge in [-0.2, -0.15) is 5.10 Å². The molecule has 0 unspecified atom stereocenters. The van der Waals surface area contributed by atoms with Gasteiger partial charge in [-0.25, -0.2) is 4.68 Å². The second-order valence-electron chi connectivity index (χ2n) is 9.27. The number of amides is 1. The summed E-state index contributed by atoms with van der Waals surface area (Å²) in [4.78, 5) is 25.2. The van der Waals surface area contributed by atoms with E-state index in [1.165, 1.54) is 12.1 Å².